The van der Waals surface area contributed by atoms with Gasteiger partial charge in [0, 0.05) is 58.6 Å². The highest BCUT2D eigenvalue weighted by atomic mass is 19.1. The number of primary amides is 1. The van der Waals surface area contributed by atoms with E-state index in [-0.39, 0.29) is 5.57 Å². The van der Waals surface area contributed by atoms with Crippen molar-refractivity contribution in [3.8, 4) is 16.9 Å². The van der Waals surface area contributed by atoms with Gasteiger partial charge in [-0.2, -0.15) is 0 Å². The molecule has 214 valence electrons. The van der Waals surface area contributed by atoms with Crippen molar-refractivity contribution < 1.29 is 18.7 Å². The van der Waals surface area contributed by atoms with Gasteiger partial charge >= 0.3 is 0 Å². The molecule has 3 N–H and O–H groups in total. The molecule has 9 heteroatoms. The molecule has 40 heavy (non-hydrogen) atoms. The number of morpholine rings is 1. The number of hydrogen-bond acceptors (Lipinski definition) is 7. The highest BCUT2D eigenvalue weighted by Gasteiger charge is 2.24. The summed E-state index contributed by atoms with van der Waals surface area (Å²) in [4.78, 5) is 19.4. The molecule has 2 aromatic carbocycles. The number of nitrogens with zero attached hydrogens (tertiary/aromatic N) is 3. The van der Waals surface area contributed by atoms with Gasteiger partial charge in [0.15, 0.2) is 0 Å². The standard InChI is InChI=1S/C31H40FN5O3/c1-2-8-35-9-11-36(12-10-35)21-23-6-7-28(25(17-23)22-37-13-15-39-16-14-37)24-4-3-5-27(18-24)40-31-29(30(33)38)19-26(32)20-34-31/h3-7,17-20,31,34H,2,8-16,21-22H2,1H3,(H2,33,38). The van der Waals surface area contributed by atoms with Gasteiger partial charge in [0.05, 0.1) is 18.8 Å². The van der Waals surface area contributed by atoms with E-state index in [0.29, 0.717) is 5.75 Å². The van der Waals surface area contributed by atoms with Crippen LogP contribution in [0.5, 0.6) is 5.75 Å². The molecule has 0 saturated carbocycles. The van der Waals surface area contributed by atoms with Gasteiger partial charge in [0.25, 0.3) is 0 Å². The van der Waals surface area contributed by atoms with Gasteiger partial charge in [-0.25, -0.2) is 4.39 Å². The van der Waals surface area contributed by atoms with E-state index in [4.69, 9.17) is 15.2 Å². The summed E-state index contributed by atoms with van der Waals surface area (Å²) in [6.45, 7) is 13.0. The molecule has 0 radical (unpaired) electrons. The number of carbonyl (C=O) groups is 1. The molecule has 5 rings (SSSR count). The number of benzene rings is 2. The van der Waals surface area contributed by atoms with Crippen LogP contribution in [0.15, 0.2) is 66.1 Å². The Hall–Kier alpha value is -3.24. The number of rotatable bonds is 10. The van der Waals surface area contributed by atoms with Crippen molar-refractivity contribution in [1.29, 1.82) is 0 Å². The normalized spacial score (nSPS) is 20.9. The molecule has 3 aliphatic heterocycles. The molecule has 3 heterocycles. The molecule has 0 spiro atoms. The largest absolute Gasteiger partial charge is 0.466 e. The minimum Gasteiger partial charge on any atom is -0.466 e. The van der Waals surface area contributed by atoms with E-state index < -0.39 is 18.0 Å². The fraction of sp³-hybridized carbons (Fsp3) is 0.452. The second kappa shape index (κ2) is 13.4. The molecular weight excluding hydrogens is 509 g/mol. The van der Waals surface area contributed by atoms with Gasteiger partial charge in [0.1, 0.15) is 11.6 Å². The summed E-state index contributed by atoms with van der Waals surface area (Å²) >= 11 is 0. The molecule has 1 unspecified atom stereocenters. The lowest BCUT2D eigenvalue weighted by molar-refractivity contribution is -0.115. The van der Waals surface area contributed by atoms with Crippen LogP contribution in [0.2, 0.25) is 0 Å². The van der Waals surface area contributed by atoms with E-state index in [2.05, 4.69) is 51.2 Å². The van der Waals surface area contributed by atoms with Crippen LogP contribution in [0.25, 0.3) is 11.1 Å². The number of ether oxygens (including phenoxy) is 2. The first-order chi connectivity index (χ1) is 19.5. The smallest absolute Gasteiger partial charge is 0.250 e. The number of halogens is 1. The molecule has 0 aromatic heterocycles. The maximum atomic E-state index is 13.7. The van der Waals surface area contributed by atoms with E-state index >= 15 is 0 Å². The van der Waals surface area contributed by atoms with Gasteiger partial charge in [-0.15, -0.1) is 0 Å². The van der Waals surface area contributed by atoms with Crippen LogP contribution in [0.4, 0.5) is 4.39 Å². The van der Waals surface area contributed by atoms with Gasteiger partial charge < -0.3 is 25.4 Å². The second-order valence-corrected chi connectivity index (χ2v) is 10.7. The Balaban J connectivity index is 1.36. The van der Waals surface area contributed by atoms with E-state index in [0.717, 1.165) is 82.8 Å². The zero-order chi connectivity index (χ0) is 27.9. The molecule has 2 aromatic rings. The minimum atomic E-state index is -0.861. The average molecular weight is 550 g/mol. The molecule has 1 amide bonds. The Morgan fingerprint density at radius 1 is 1.02 bits per heavy atom. The molecule has 1 atom stereocenters. The number of dihydropyridines is 1. The van der Waals surface area contributed by atoms with E-state index in [1.165, 1.54) is 30.3 Å². The Morgan fingerprint density at radius 3 is 2.52 bits per heavy atom. The first kappa shape index (κ1) is 28.3. The van der Waals surface area contributed by atoms with Crippen molar-refractivity contribution in [3.05, 3.63) is 77.3 Å². The number of hydrogen-bond donors (Lipinski definition) is 2. The minimum absolute atomic E-state index is 0.0401. The van der Waals surface area contributed by atoms with E-state index in [9.17, 15) is 9.18 Å². The van der Waals surface area contributed by atoms with Gasteiger partial charge in [-0.05, 0) is 53.4 Å². The SMILES string of the molecule is CCCN1CCN(Cc2ccc(-c3cccc(OC4NC=C(F)C=C4C(N)=O)c3)c(CN3CCOCC3)c2)CC1. The molecule has 3 aliphatic rings. The Labute approximate surface area is 236 Å². The molecule has 0 aliphatic carbocycles. The number of piperazine rings is 1. The number of nitrogens with two attached hydrogens (primary N) is 1. The summed E-state index contributed by atoms with van der Waals surface area (Å²) in [5.41, 5.74) is 10.2. The summed E-state index contributed by atoms with van der Waals surface area (Å²) in [7, 11) is 0. The van der Waals surface area contributed by atoms with Crippen LogP contribution in [-0.4, -0.2) is 85.9 Å². The summed E-state index contributed by atoms with van der Waals surface area (Å²) in [5, 5.41) is 2.77. The Bertz CT molecular complexity index is 1240. The van der Waals surface area contributed by atoms with Crippen molar-refractivity contribution in [2.45, 2.75) is 32.7 Å². The highest BCUT2D eigenvalue weighted by molar-refractivity contribution is 5.93. The van der Waals surface area contributed by atoms with Gasteiger partial charge in [-0.1, -0.05) is 37.3 Å². The van der Waals surface area contributed by atoms with E-state index in [1.54, 1.807) is 0 Å². The summed E-state index contributed by atoms with van der Waals surface area (Å²) in [6, 6.07) is 14.6. The third-order valence-corrected chi connectivity index (χ3v) is 7.71. The molecule has 0 bridgehead atoms. The number of amides is 1. The first-order valence-corrected chi connectivity index (χ1v) is 14.3. The van der Waals surface area contributed by atoms with Crippen LogP contribution in [0, 0.1) is 0 Å². The molecule has 2 fully saturated rings. The quantitative estimate of drug-likeness (QED) is 0.471. The summed E-state index contributed by atoms with van der Waals surface area (Å²) in [5.74, 6) is -0.741. The van der Waals surface area contributed by atoms with Gasteiger partial charge in [-0.3, -0.25) is 14.6 Å². The van der Waals surface area contributed by atoms with Crippen molar-refractivity contribution in [1.82, 2.24) is 20.0 Å². The topological polar surface area (TPSA) is 83.3 Å². The fourth-order valence-electron chi connectivity index (χ4n) is 5.59. The van der Waals surface area contributed by atoms with Crippen molar-refractivity contribution in [3.63, 3.8) is 0 Å². The van der Waals surface area contributed by atoms with Gasteiger partial charge in [0.2, 0.25) is 12.1 Å². The average Bonchev–Trinajstić information content (AvgIpc) is 2.96. The number of carbonyl (C=O) groups excluding carboxylic acids is 1. The maximum absolute atomic E-state index is 13.7. The van der Waals surface area contributed by atoms with Crippen LogP contribution >= 0.6 is 0 Å². The second-order valence-electron chi connectivity index (χ2n) is 10.7. The predicted molar refractivity (Wildman–Crippen MR) is 154 cm³/mol. The maximum Gasteiger partial charge on any atom is 0.250 e. The Kier molecular flexibility index (Phi) is 9.49. The highest BCUT2D eigenvalue weighted by Crippen LogP contribution is 2.30. The first-order valence-electron chi connectivity index (χ1n) is 14.3. The third-order valence-electron chi connectivity index (χ3n) is 7.71. The van der Waals surface area contributed by atoms with Crippen molar-refractivity contribution in [2.75, 3.05) is 59.0 Å². The van der Waals surface area contributed by atoms with E-state index in [1.807, 2.05) is 18.2 Å². The lowest BCUT2D eigenvalue weighted by Crippen LogP contribution is -2.46. The molecular formula is C31H40FN5O3. The lowest BCUT2D eigenvalue weighted by Gasteiger charge is -2.34. The molecule has 2 saturated heterocycles. The Morgan fingerprint density at radius 2 is 1.77 bits per heavy atom. The van der Waals surface area contributed by atoms with Crippen LogP contribution in [0.1, 0.15) is 24.5 Å². The molecule has 8 nitrogen and oxygen atoms in total. The lowest BCUT2D eigenvalue weighted by atomic mass is 9.96. The number of nitrogens with one attached hydrogen (secondary N) is 1. The summed E-state index contributed by atoms with van der Waals surface area (Å²) < 4.78 is 25.3. The zero-order valence-electron chi connectivity index (χ0n) is 23.3. The predicted octanol–water partition coefficient (Wildman–Crippen LogP) is 3.24. The number of allylic oxidation sites excluding steroid dienone is 2. The zero-order valence-corrected chi connectivity index (χ0v) is 23.3. The summed E-state index contributed by atoms with van der Waals surface area (Å²) in [6.07, 6.45) is 2.62. The van der Waals surface area contributed by atoms with Crippen molar-refractivity contribution >= 4 is 5.91 Å². The third kappa shape index (κ3) is 7.28. The van der Waals surface area contributed by atoms with Crippen LogP contribution < -0.4 is 15.8 Å². The van der Waals surface area contributed by atoms with Crippen molar-refractivity contribution in [2.24, 2.45) is 5.73 Å². The van der Waals surface area contributed by atoms with Crippen LogP contribution in [-0.2, 0) is 22.6 Å². The monoisotopic (exact) mass is 549 g/mol. The fourth-order valence-corrected chi connectivity index (χ4v) is 5.59. The van der Waals surface area contributed by atoms with Crippen LogP contribution in [0.3, 0.4) is 0 Å².